The molecule has 0 saturated carbocycles. The number of anilines is 2. The van der Waals surface area contributed by atoms with Crippen LogP contribution in [0.4, 0.5) is 15.6 Å². The van der Waals surface area contributed by atoms with Gasteiger partial charge in [0.1, 0.15) is 5.69 Å². The third kappa shape index (κ3) is 6.11. The molecule has 3 rings (SSSR count). The number of thiazole rings is 1. The highest BCUT2D eigenvalue weighted by atomic mass is 32.1. The summed E-state index contributed by atoms with van der Waals surface area (Å²) in [5.74, 6) is -0.949. The van der Waals surface area contributed by atoms with Gasteiger partial charge in [0.05, 0.1) is 17.9 Å². The van der Waals surface area contributed by atoms with Crippen LogP contribution in [-0.2, 0) is 11.3 Å². The first-order chi connectivity index (χ1) is 14.5. The molecule has 4 N–H and O–H groups in total. The zero-order valence-electron chi connectivity index (χ0n) is 15.8. The molecule has 1 radical (unpaired) electrons. The molecule has 0 fully saturated rings. The third-order valence-corrected chi connectivity index (χ3v) is 4.58. The highest BCUT2D eigenvalue weighted by molar-refractivity contribution is 7.14. The molecule has 9 nitrogen and oxygen atoms in total. The van der Waals surface area contributed by atoms with Crippen molar-refractivity contribution in [2.45, 2.75) is 6.54 Å². The van der Waals surface area contributed by atoms with Crippen molar-refractivity contribution in [3.05, 3.63) is 77.9 Å². The smallest absolute Gasteiger partial charge is 0.321 e. The van der Waals surface area contributed by atoms with E-state index < -0.39 is 17.8 Å². The number of carbonyl (C=O) groups is 3. The van der Waals surface area contributed by atoms with Crippen LogP contribution in [0.5, 0.6) is 0 Å². The maximum absolute atomic E-state index is 12.2. The largest absolute Gasteiger partial charge is 0.342 e. The Labute approximate surface area is 176 Å². The second-order valence-electron chi connectivity index (χ2n) is 6.06. The van der Waals surface area contributed by atoms with Crippen molar-refractivity contribution in [2.75, 3.05) is 17.2 Å². The van der Waals surface area contributed by atoms with Crippen LogP contribution in [0.15, 0.2) is 54.0 Å². The number of nitrogens with zero attached hydrogens (tertiary/aromatic N) is 2. The van der Waals surface area contributed by atoms with E-state index in [-0.39, 0.29) is 17.4 Å². The summed E-state index contributed by atoms with van der Waals surface area (Å²) in [6.07, 6.45) is 1.57. The predicted molar refractivity (Wildman–Crippen MR) is 114 cm³/mol. The average Bonchev–Trinajstić information content (AvgIpc) is 3.21. The van der Waals surface area contributed by atoms with Gasteiger partial charge in [-0.15, -0.1) is 11.3 Å². The van der Waals surface area contributed by atoms with Gasteiger partial charge in [-0.1, -0.05) is 30.3 Å². The number of amides is 4. The quantitative estimate of drug-likeness (QED) is 0.464. The lowest BCUT2D eigenvalue weighted by molar-refractivity contribution is -0.115. The lowest BCUT2D eigenvalue weighted by atomic mass is 10.2. The Hall–Kier alpha value is -3.79. The molecule has 0 saturated heterocycles. The molecule has 2 heterocycles. The summed E-state index contributed by atoms with van der Waals surface area (Å²) in [4.78, 5) is 44.1. The highest BCUT2D eigenvalue weighted by Crippen LogP contribution is 2.15. The van der Waals surface area contributed by atoms with Gasteiger partial charge >= 0.3 is 6.03 Å². The fourth-order valence-electron chi connectivity index (χ4n) is 2.35. The van der Waals surface area contributed by atoms with E-state index in [2.05, 4.69) is 38.2 Å². The molecule has 2 aromatic heterocycles. The van der Waals surface area contributed by atoms with E-state index in [1.54, 1.807) is 18.3 Å². The van der Waals surface area contributed by atoms with Crippen molar-refractivity contribution in [1.29, 1.82) is 0 Å². The standard InChI is InChI=1S/C20H19N6O3S/c1-13-15(8-5-9-21-13)24-17(27)11-22-18(28)16-12-30-20(25-16)26-19(29)23-10-14-6-3-2-4-7-14/h2-9,12H,1,10-11H2,(H,22,28)(H,24,27)(H2,23,25,26,29). The zero-order chi connectivity index (χ0) is 21.3. The van der Waals surface area contributed by atoms with Gasteiger partial charge in [-0.25, -0.2) is 9.78 Å². The summed E-state index contributed by atoms with van der Waals surface area (Å²) in [5.41, 5.74) is 1.96. The van der Waals surface area contributed by atoms with E-state index in [9.17, 15) is 14.4 Å². The first-order valence-electron chi connectivity index (χ1n) is 8.90. The number of pyridine rings is 1. The number of urea groups is 1. The molecule has 10 heteroatoms. The molecular formula is C20H19N6O3S. The molecule has 0 aliphatic heterocycles. The van der Waals surface area contributed by atoms with Gasteiger partial charge in [-0.05, 0) is 24.6 Å². The maximum atomic E-state index is 12.2. The number of hydrogen-bond acceptors (Lipinski definition) is 6. The van der Waals surface area contributed by atoms with Crippen molar-refractivity contribution >= 4 is 40.0 Å². The van der Waals surface area contributed by atoms with Crippen LogP contribution in [0.1, 0.15) is 21.7 Å². The van der Waals surface area contributed by atoms with Gasteiger partial charge in [0, 0.05) is 18.1 Å². The Morgan fingerprint density at radius 3 is 2.57 bits per heavy atom. The second kappa shape index (κ2) is 10.1. The van der Waals surface area contributed by atoms with E-state index in [4.69, 9.17) is 0 Å². The van der Waals surface area contributed by atoms with Gasteiger partial charge in [-0.3, -0.25) is 19.9 Å². The topological polar surface area (TPSA) is 125 Å². The molecule has 1 aromatic carbocycles. The lowest BCUT2D eigenvalue weighted by Gasteiger charge is -2.07. The van der Waals surface area contributed by atoms with Gasteiger partial charge in [0.25, 0.3) is 5.91 Å². The Bertz CT molecular complexity index is 1040. The van der Waals surface area contributed by atoms with E-state index in [0.29, 0.717) is 17.9 Å². The number of nitrogens with one attached hydrogen (secondary N) is 4. The SMILES string of the molecule is [CH2]c1ncccc1NC(=O)CNC(=O)c1csc(NC(=O)NCc2ccccc2)n1. The monoisotopic (exact) mass is 423 g/mol. The minimum atomic E-state index is -0.528. The number of rotatable bonds is 7. The van der Waals surface area contributed by atoms with Gasteiger partial charge in [-0.2, -0.15) is 0 Å². The summed E-state index contributed by atoms with van der Waals surface area (Å²) in [5, 5.41) is 12.1. The Balaban J connectivity index is 1.44. The Kier molecular flexibility index (Phi) is 7.06. The molecular weight excluding hydrogens is 404 g/mol. The molecule has 4 amide bonds. The van der Waals surface area contributed by atoms with Crippen LogP contribution in [0, 0.1) is 6.92 Å². The molecule has 0 atom stereocenters. The van der Waals surface area contributed by atoms with Gasteiger partial charge in [0.2, 0.25) is 5.91 Å². The summed E-state index contributed by atoms with van der Waals surface area (Å²) in [7, 11) is 0. The number of benzene rings is 1. The number of hydrogen-bond donors (Lipinski definition) is 4. The van der Waals surface area contributed by atoms with Crippen LogP contribution >= 0.6 is 11.3 Å². The van der Waals surface area contributed by atoms with E-state index in [0.717, 1.165) is 16.9 Å². The maximum Gasteiger partial charge on any atom is 0.321 e. The number of carbonyl (C=O) groups excluding carboxylic acids is 3. The van der Waals surface area contributed by atoms with Crippen molar-refractivity contribution in [2.24, 2.45) is 0 Å². The fraction of sp³-hybridized carbons (Fsp3) is 0.100. The fourth-order valence-corrected chi connectivity index (χ4v) is 3.04. The van der Waals surface area contributed by atoms with Crippen LogP contribution in [0.25, 0.3) is 0 Å². The molecule has 0 bridgehead atoms. The Morgan fingerprint density at radius 2 is 1.80 bits per heavy atom. The highest BCUT2D eigenvalue weighted by Gasteiger charge is 2.14. The molecule has 3 aromatic rings. The Morgan fingerprint density at radius 1 is 1.00 bits per heavy atom. The second-order valence-corrected chi connectivity index (χ2v) is 6.92. The van der Waals surface area contributed by atoms with E-state index in [1.807, 2.05) is 30.3 Å². The molecule has 0 spiro atoms. The average molecular weight is 423 g/mol. The number of aromatic nitrogens is 2. The van der Waals surface area contributed by atoms with Gasteiger partial charge < -0.3 is 16.0 Å². The van der Waals surface area contributed by atoms with Crippen LogP contribution in [0.3, 0.4) is 0 Å². The van der Waals surface area contributed by atoms with Crippen molar-refractivity contribution in [1.82, 2.24) is 20.6 Å². The molecule has 0 aliphatic rings. The third-order valence-electron chi connectivity index (χ3n) is 3.83. The summed E-state index contributed by atoms with van der Waals surface area (Å²) >= 11 is 1.11. The molecule has 30 heavy (non-hydrogen) atoms. The lowest BCUT2D eigenvalue weighted by Crippen LogP contribution is -2.33. The summed E-state index contributed by atoms with van der Waals surface area (Å²) < 4.78 is 0. The summed E-state index contributed by atoms with van der Waals surface area (Å²) in [6.45, 7) is 3.83. The minimum Gasteiger partial charge on any atom is -0.342 e. The minimum absolute atomic E-state index is 0.102. The van der Waals surface area contributed by atoms with Crippen LogP contribution in [-0.4, -0.2) is 34.4 Å². The normalized spacial score (nSPS) is 10.2. The van der Waals surface area contributed by atoms with Crippen molar-refractivity contribution in [3.63, 3.8) is 0 Å². The van der Waals surface area contributed by atoms with E-state index in [1.165, 1.54) is 5.38 Å². The van der Waals surface area contributed by atoms with E-state index >= 15 is 0 Å². The zero-order valence-corrected chi connectivity index (χ0v) is 16.7. The van der Waals surface area contributed by atoms with Gasteiger partial charge in [0.15, 0.2) is 5.13 Å². The molecule has 0 unspecified atom stereocenters. The predicted octanol–water partition coefficient (Wildman–Crippen LogP) is 2.41. The first kappa shape index (κ1) is 20.9. The van der Waals surface area contributed by atoms with Crippen LogP contribution < -0.4 is 21.3 Å². The first-order valence-corrected chi connectivity index (χ1v) is 9.78. The van der Waals surface area contributed by atoms with Crippen molar-refractivity contribution in [3.8, 4) is 0 Å². The van der Waals surface area contributed by atoms with Crippen LogP contribution in [0.2, 0.25) is 0 Å². The molecule has 153 valence electrons. The van der Waals surface area contributed by atoms with Crippen molar-refractivity contribution < 1.29 is 14.4 Å². The summed E-state index contributed by atoms with van der Waals surface area (Å²) in [6, 6.07) is 12.4. The molecule has 0 aliphatic carbocycles.